The van der Waals surface area contributed by atoms with Gasteiger partial charge in [-0.3, -0.25) is 9.48 Å². The summed E-state index contributed by atoms with van der Waals surface area (Å²) in [4.78, 5) is 12.5. The largest absolute Gasteiger partial charge is 0.317 e. The average Bonchev–Trinajstić information content (AvgIpc) is 3.05. The summed E-state index contributed by atoms with van der Waals surface area (Å²) in [5, 5.41) is 5.64. The molecule has 0 bridgehead atoms. The number of hydrogen-bond acceptors (Lipinski definition) is 2. The van der Waals surface area contributed by atoms with Crippen molar-refractivity contribution in [2.24, 2.45) is 14.1 Å². The van der Waals surface area contributed by atoms with E-state index in [1.54, 1.807) is 40.8 Å². The first kappa shape index (κ1) is 15.3. The van der Waals surface area contributed by atoms with Crippen LogP contribution < -0.4 is 5.56 Å². The van der Waals surface area contributed by atoms with Gasteiger partial charge in [-0.25, -0.2) is 4.39 Å². The Balaban J connectivity index is 2.02. The van der Waals surface area contributed by atoms with E-state index in [0.717, 1.165) is 27.6 Å². The van der Waals surface area contributed by atoms with Crippen LogP contribution in [0.3, 0.4) is 0 Å². The number of rotatable bonds is 2. The van der Waals surface area contributed by atoms with Gasteiger partial charge in [-0.15, -0.1) is 0 Å². The highest BCUT2D eigenvalue weighted by molar-refractivity contribution is 5.98. The van der Waals surface area contributed by atoms with E-state index in [1.807, 2.05) is 31.4 Å². The van der Waals surface area contributed by atoms with Crippen LogP contribution in [0.5, 0.6) is 0 Å². The minimum absolute atomic E-state index is 0.0671. The van der Waals surface area contributed by atoms with E-state index in [-0.39, 0.29) is 5.56 Å². The molecule has 0 saturated heterocycles. The molecule has 0 atom stereocenters. The summed E-state index contributed by atoms with van der Waals surface area (Å²) in [6.07, 6.45) is 5.49. The fourth-order valence-corrected chi connectivity index (χ4v) is 3.02. The SMILES string of the molecule is Cn1cc(-c2ccc3c(=O)n(C)cc(-c4c[c]c(F)cc4)c3c2)cn1. The third-order valence-electron chi connectivity index (χ3n) is 4.31. The minimum atomic E-state index is -0.408. The molecule has 0 aliphatic heterocycles. The van der Waals surface area contributed by atoms with Crippen molar-refractivity contribution in [2.45, 2.75) is 0 Å². The Labute approximate surface area is 143 Å². The molecule has 4 rings (SSSR count). The van der Waals surface area contributed by atoms with Gasteiger partial charge in [-0.2, -0.15) is 5.10 Å². The molecule has 2 aromatic heterocycles. The monoisotopic (exact) mass is 332 g/mol. The highest BCUT2D eigenvalue weighted by Crippen LogP contribution is 2.30. The van der Waals surface area contributed by atoms with Gasteiger partial charge in [0.1, 0.15) is 5.82 Å². The molecule has 0 amide bonds. The number of benzene rings is 2. The molecule has 0 N–H and O–H groups in total. The number of aryl methyl sites for hydroxylation is 2. The summed E-state index contributed by atoms with van der Waals surface area (Å²) in [6, 6.07) is 13.0. The Morgan fingerprint density at radius 3 is 2.48 bits per heavy atom. The number of fused-ring (bicyclic) bond motifs is 1. The quantitative estimate of drug-likeness (QED) is 0.563. The van der Waals surface area contributed by atoms with Crippen LogP contribution in [0.4, 0.5) is 4.39 Å². The van der Waals surface area contributed by atoms with Crippen molar-refractivity contribution in [1.29, 1.82) is 0 Å². The molecule has 123 valence electrons. The third-order valence-corrected chi connectivity index (χ3v) is 4.31. The van der Waals surface area contributed by atoms with E-state index in [1.165, 1.54) is 6.07 Å². The summed E-state index contributed by atoms with van der Waals surface area (Å²) in [6.45, 7) is 0. The van der Waals surface area contributed by atoms with Gasteiger partial charge in [0.15, 0.2) is 0 Å². The molecule has 0 aliphatic rings. The van der Waals surface area contributed by atoms with Gasteiger partial charge >= 0.3 is 0 Å². The molecule has 25 heavy (non-hydrogen) atoms. The second kappa shape index (κ2) is 5.70. The predicted molar refractivity (Wildman–Crippen MR) is 95.6 cm³/mol. The van der Waals surface area contributed by atoms with Crippen LogP contribution in [-0.2, 0) is 14.1 Å². The van der Waals surface area contributed by atoms with E-state index >= 15 is 0 Å². The van der Waals surface area contributed by atoms with Gasteiger partial charge in [0.05, 0.1) is 6.20 Å². The first-order chi connectivity index (χ1) is 12.0. The van der Waals surface area contributed by atoms with Crippen LogP contribution in [0.25, 0.3) is 33.0 Å². The van der Waals surface area contributed by atoms with E-state index in [4.69, 9.17) is 0 Å². The molecule has 2 heterocycles. The van der Waals surface area contributed by atoms with Crippen molar-refractivity contribution in [3.8, 4) is 22.3 Å². The van der Waals surface area contributed by atoms with Gasteiger partial charge in [0.25, 0.3) is 5.56 Å². The van der Waals surface area contributed by atoms with Gasteiger partial charge in [-0.05, 0) is 40.8 Å². The maximum atomic E-state index is 13.2. The van der Waals surface area contributed by atoms with E-state index in [9.17, 15) is 9.18 Å². The normalized spacial score (nSPS) is 11.2. The topological polar surface area (TPSA) is 39.8 Å². The number of hydrogen-bond donors (Lipinski definition) is 0. The van der Waals surface area contributed by atoms with Crippen LogP contribution in [0.2, 0.25) is 0 Å². The zero-order valence-corrected chi connectivity index (χ0v) is 13.8. The molecule has 0 aliphatic carbocycles. The van der Waals surface area contributed by atoms with Crippen LogP contribution in [0, 0.1) is 11.9 Å². The van der Waals surface area contributed by atoms with Gasteiger partial charge in [0.2, 0.25) is 0 Å². The van der Waals surface area contributed by atoms with Crippen LogP contribution >= 0.6 is 0 Å². The Hall–Kier alpha value is -3.21. The maximum Gasteiger partial charge on any atom is 0.258 e. The van der Waals surface area contributed by atoms with Gasteiger partial charge in [-0.1, -0.05) is 12.1 Å². The predicted octanol–water partition coefficient (Wildman–Crippen LogP) is 3.55. The summed E-state index contributed by atoms with van der Waals surface area (Å²) < 4.78 is 16.5. The van der Waals surface area contributed by atoms with Crippen LogP contribution in [0.1, 0.15) is 0 Å². The number of pyridine rings is 1. The maximum absolute atomic E-state index is 13.2. The van der Waals surface area contributed by atoms with Crippen LogP contribution in [-0.4, -0.2) is 14.3 Å². The Morgan fingerprint density at radius 1 is 1.00 bits per heavy atom. The first-order valence-corrected chi connectivity index (χ1v) is 7.83. The molecular formula is C20H15FN3O. The summed E-state index contributed by atoms with van der Waals surface area (Å²) in [5.41, 5.74) is 3.55. The lowest BCUT2D eigenvalue weighted by molar-refractivity contribution is 0.626. The molecule has 2 aromatic carbocycles. The standard InChI is InChI=1S/C20H15FN3O/c1-23-12-19(13-3-6-16(21)7-4-13)18-9-14(5-8-17(18)20(23)25)15-10-22-24(2)11-15/h3-6,8-12H,1-2H3. The van der Waals surface area contributed by atoms with Crippen molar-refractivity contribution in [1.82, 2.24) is 14.3 Å². The van der Waals surface area contributed by atoms with Crippen molar-refractivity contribution >= 4 is 10.8 Å². The number of aromatic nitrogens is 3. The number of halogens is 1. The number of nitrogens with zero attached hydrogens (tertiary/aromatic N) is 3. The van der Waals surface area contributed by atoms with Gasteiger partial charge in [0, 0.05) is 49.1 Å². The third kappa shape index (κ3) is 2.63. The Bertz CT molecular complexity index is 1140. The molecule has 1 radical (unpaired) electrons. The summed E-state index contributed by atoms with van der Waals surface area (Å²) in [5.74, 6) is -0.408. The zero-order chi connectivity index (χ0) is 17.6. The minimum Gasteiger partial charge on any atom is -0.317 e. The van der Waals surface area contributed by atoms with E-state index in [0.29, 0.717) is 5.39 Å². The lowest BCUT2D eigenvalue weighted by Gasteiger charge is -2.11. The first-order valence-electron chi connectivity index (χ1n) is 7.83. The molecule has 4 aromatic rings. The molecular weight excluding hydrogens is 317 g/mol. The lowest BCUT2D eigenvalue weighted by Crippen LogP contribution is -2.16. The summed E-state index contributed by atoms with van der Waals surface area (Å²) in [7, 11) is 3.58. The summed E-state index contributed by atoms with van der Waals surface area (Å²) >= 11 is 0. The smallest absolute Gasteiger partial charge is 0.258 e. The second-order valence-corrected chi connectivity index (χ2v) is 6.05. The fourth-order valence-electron chi connectivity index (χ4n) is 3.02. The zero-order valence-electron chi connectivity index (χ0n) is 13.8. The van der Waals surface area contributed by atoms with Crippen molar-refractivity contribution in [3.05, 3.63) is 77.2 Å². The van der Waals surface area contributed by atoms with Gasteiger partial charge < -0.3 is 4.57 Å². The molecule has 0 saturated carbocycles. The second-order valence-electron chi connectivity index (χ2n) is 6.05. The fraction of sp³-hybridized carbons (Fsp3) is 0.100. The van der Waals surface area contributed by atoms with Crippen LogP contribution in [0.15, 0.2) is 59.8 Å². The van der Waals surface area contributed by atoms with Crippen molar-refractivity contribution in [2.75, 3.05) is 0 Å². The molecule has 0 fully saturated rings. The van der Waals surface area contributed by atoms with E-state index < -0.39 is 5.82 Å². The van der Waals surface area contributed by atoms with E-state index in [2.05, 4.69) is 11.2 Å². The highest BCUT2D eigenvalue weighted by Gasteiger charge is 2.11. The molecule has 0 spiro atoms. The van der Waals surface area contributed by atoms with Crippen molar-refractivity contribution in [3.63, 3.8) is 0 Å². The lowest BCUT2D eigenvalue weighted by atomic mass is 9.97. The average molecular weight is 332 g/mol. The Morgan fingerprint density at radius 2 is 1.80 bits per heavy atom. The molecule has 4 nitrogen and oxygen atoms in total. The van der Waals surface area contributed by atoms with Crippen molar-refractivity contribution < 1.29 is 4.39 Å². The Kier molecular flexibility index (Phi) is 3.50. The highest BCUT2D eigenvalue weighted by atomic mass is 19.1. The molecule has 0 unspecified atom stereocenters. The molecule has 5 heteroatoms.